The van der Waals surface area contributed by atoms with Gasteiger partial charge in [0.15, 0.2) is 5.82 Å². The Hall–Kier alpha value is -3.89. The Kier molecular flexibility index (Phi) is 6.05. The van der Waals surface area contributed by atoms with Crippen molar-refractivity contribution < 1.29 is 13.6 Å². The molecule has 1 aliphatic heterocycles. The Morgan fingerprint density at radius 2 is 1.84 bits per heavy atom. The highest BCUT2D eigenvalue weighted by Gasteiger charge is 2.29. The molecule has 6 rings (SSSR count). The minimum Gasteiger partial charge on any atom is -0.364 e. The highest BCUT2D eigenvalue weighted by atomic mass is 19.1. The summed E-state index contributed by atoms with van der Waals surface area (Å²) in [6.45, 7) is 0.762. The van der Waals surface area contributed by atoms with Gasteiger partial charge in [0.1, 0.15) is 11.6 Å². The molecule has 1 aliphatic carbocycles. The van der Waals surface area contributed by atoms with Crippen LogP contribution < -0.4 is 10.2 Å². The lowest BCUT2D eigenvalue weighted by Gasteiger charge is -2.28. The molecule has 4 aromatic rings. The molecule has 9 nitrogen and oxygen atoms in total. The molecular weight excluding hydrogens is 478 g/mol. The molecule has 1 saturated heterocycles. The van der Waals surface area contributed by atoms with Crippen LogP contribution in [0.5, 0.6) is 0 Å². The second kappa shape index (κ2) is 9.53. The summed E-state index contributed by atoms with van der Waals surface area (Å²) in [6, 6.07) is 7.50. The number of tetrazole rings is 1. The van der Waals surface area contributed by atoms with Crippen LogP contribution in [-0.2, 0) is 7.05 Å². The predicted octanol–water partition coefficient (Wildman–Crippen LogP) is 3.93. The predicted molar refractivity (Wildman–Crippen MR) is 132 cm³/mol. The Bertz CT molecular complexity index is 1420. The minimum absolute atomic E-state index is 0.0735. The number of aromatic nitrogens is 6. The van der Waals surface area contributed by atoms with Crippen LogP contribution in [-0.4, -0.2) is 48.3 Å². The molecule has 1 amide bonds. The fraction of sp³-hybridized carbons (Fsp3) is 0.423. The maximum absolute atomic E-state index is 13.9. The average Bonchev–Trinajstić information content (AvgIpc) is 3.63. The van der Waals surface area contributed by atoms with E-state index in [1.54, 1.807) is 17.8 Å². The van der Waals surface area contributed by atoms with Crippen molar-refractivity contribution in [1.82, 2.24) is 35.1 Å². The number of carbonyl (C=O) groups excluding carboxylic acids is 1. The number of fused-ring (bicyclic) bond motifs is 1. The molecule has 1 unspecified atom stereocenters. The summed E-state index contributed by atoms with van der Waals surface area (Å²) in [6.07, 6.45) is 8.60. The number of carbonyl (C=O) groups is 1. The lowest BCUT2D eigenvalue weighted by atomic mass is 9.85. The molecule has 2 aliphatic rings. The Balaban J connectivity index is 1.18. The first kappa shape index (κ1) is 23.5. The third-order valence-corrected chi connectivity index (χ3v) is 7.56. The number of rotatable bonds is 5. The number of anilines is 1. The molecule has 1 aromatic carbocycles. The van der Waals surface area contributed by atoms with Gasteiger partial charge in [-0.3, -0.25) is 4.79 Å². The van der Waals surface area contributed by atoms with E-state index in [1.807, 2.05) is 18.3 Å². The monoisotopic (exact) mass is 506 g/mol. The van der Waals surface area contributed by atoms with Crippen LogP contribution in [0.3, 0.4) is 0 Å². The van der Waals surface area contributed by atoms with Gasteiger partial charge in [0.2, 0.25) is 0 Å². The summed E-state index contributed by atoms with van der Waals surface area (Å²) in [5.74, 6) is -0.272. The van der Waals surface area contributed by atoms with E-state index >= 15 is 0 Å². The SMILES string of the molecule is Cn1nnc(C2CCC(NC(=O)c3cnn4ccc(N5CCCC5c5cc(F)cc(F)c5)cc34)CC2)n1. The first-order chi connectivity index (χ1) is 17.9. The molecule has 11 heteroatoms. The van der Waals surface area contributed by atoms with Gasteiger partial charge < -0.3 is 10.2 Å². The molecule has 0 spiro atoms. The number of halogens is 2. The minimum atomic E-state index is -0.575. The number of benzene rings is 1. The Morgan fingerprint density at radius 3 is 2.57 bits per heavy atom. The summed E-state index contributed by atoms with van der Waals surface area (Å²) in [5.41, 5.74) is 2.72. The van der Waals surface area contributed by atoms with E-state index in [9.17, 15) is 13.6 Å². The van der Waals surface area contributed by atoms with Gasteiger partial charge in [0.25, 0.3) is 5.91 Å². The van der Waals surface area contributed by atoms with E-state index in [2.05, 4.69) is 30.7 Å². The third kappa shape index (κ3) is 4.65. The largest absolute Gasteiger partial charge is 0.364 e. The summed E-state index contributed by atoms with van der Waals surface area (Å²) in [5, 5.41) is 19.9. The topological polar surface area (TPSA) is 93.2 Å². The summed E-state index contributed by atoms with van der Waals surface area (Å²) in [7, 11) is 1.76. The quantitative estimate of drug-likeness (QED) is 0.441. The van der Waals surface area contributed by atoms with E-state index in [4.69, 9.17) is 0 Å². The molecule has 1 N–H and O–H groups in total. The molecular formula is C26H28F2N8O. The van der Waals surface area contributed by atoms with Gasteiger partial charge in [-0.15, -0.1) is 10.2 Å². The fourth-order valence-corrected chi connectivity index (χ4v) is 5.73. The highest BCUT2D eigenvalue weighted by molar-refractivity contribution is 6.01. The summed E-state index contributed by atoms with van der Waals surface area (Å²) >= 11 is 0. The maximum atomic E-state index is 13.9. The van der Waals surface area contributed by atoms with Gasteiger partial charge in [-0.1, -0.05) is 0 Å². The van der Waals surface area contributed by atoms with E-state index in [0.717, 1.165) is 62.6 Å². The van der Waals surface area contributed by atoms with Crippen molar-refractivity contribution in [3.05, 3.63) is 71.3 Å². The highest BCUT2D eigenvalue weighted by Crippen LogP contribution is 2.37. The zero-order chi connectivity index (χ0) is 25.5. The zero-order valence-corrected chi connectivity index (χ0v) is 20.5. The zero-order valence-electron chi connectivity index (χ0n) is 20.5. The number of aryl methyl sites for hydroxylation is 1. The number of hydrogen-bond acceptors (Lipinski definition) is 6. The molecule has 37 heavy (non-hydrogen) atoms. The molecule has 2 fully saturated rings. The summed E-state index contributed by atoms with van der Waals surface area (Å²) < 4.78 is 29.5. The molecule has 4 heterocycles. The van der Waals surface area contributed by atoms with Crippen LogP contribution in [0.15, 0.2) is 42.7 Å². The number of hydrogen-bond donors (Lipinski definition) is 1. The normalized spacial score (nSPS) is 22.0. The fourth-order valence-electron chi connectivity index (χ4n) is 5.73. The molecule has 0 radical (unpaired) electrons. The number of nitrogens with zero attached hydrogens (tertiary/aromatic N) is 7. The number of amides is 1. The van der Waals surface area contributed by atoms with Gasteiger partial charge in [0.05, 0.1) is 30.4 Å². The van der Waals surface area contributed by atoms with Crippen molar-refractivity contribution in [2.45, 2.75) is 56.5 Å². The smallest absolute Gasteiger partial charge is 0.255 e. The van der Waals surface area contributed by atoms with E-state index in [0.29, 0.717) is 16.6 Å². The maximum Gasteiger partial charge on any atom is 0.255 e. The Morgan fingerprint density at radius 1 is 1.05 bits per heavy atom. The van der Waals surface area contributed by atoms with Gasteiger partial charge >= 0.3 is 0 Å². The van der Waals surface area contributed by atoms with Crippen molar-refractivity contribution in [3.8, 4) is 0 Å². The average molecular weight is 507 g/mol. The van der Waals surface area contributed by atoms with Crippen LogP contribution >= 0.6 is 0 Å². The molecule has 1 saturated carbocycles. The van der Waals surface area contributed by atoms with Crippen LogP contribution in [0.1, 0.15) is 72.2 Å². The van der Waals surface area contributed by atoms with Gasteiger partial charge in [-0.2, -0.15) is 9.90 Å². The standard InChI is InChI=1S/C26H28F2N8O/c1-34-32-25(31-33-34)16-4-6-20(7-5-16)30-26(37)22-15-29-36-10-8-21(14-24(22)36)35-9-2-3-23(35)17-11-18(27)13-19(28)12-17/h8,10-16,20,23H,2-7,9H2,1H3,(H,30,37). The van der Waals surface area contributed by atoms with Crippen LogP contribution in [0.4, 0.5) is 14.5 Å². The summed E-state index contributed by atoms with van der Waals surface area (Å²) in [4.78, 5) is 16.9. The van der Waals surface area contributed by atoms with Gasteiger partial charge in [0, 0.05) is 36.5 Å². The van der Waals surface area contributed by atoms with Gasteiger partial charge in [-0.25, -0.2) is 13.3 Å². The lowest BCUT2D eigenvalue weighted by molar-refractivity contribution is 0.0927. The van der Waals surface area contributed by atoms with Gasteiger partial charge in [-0.05, 0) is 73.6 Å². The molecule has 0 bridgehead atoms. The van der Waals surface area contributed by atoms with E-state index in [1.165, 1.54) is 16.9 Å². The van der Waals surface area contributed by atoms with Crippen molar-refractivity contribution >= 4 is 17.1 Å². The van der Waals surface area contributed by atoms with E-state index in [-0.39, 0.29) is 23.9 Å². The van der Waals surface area contributed by atoms with Crippen molar-refractivity contribution in [1.29, 1.82) is 0 Å². The number of pyridine rings is 1. The molecule has 192 valence electrons. The van der Waals surface area contributed by atoms with Crippen molar-refractivity contribution in [2.75, 3.05) is 11.4 Å². The number of nitrogens with one attached hydrogen (secondary N) is 1. The lowest BCUT2D eigenvalue weighted by Crippen LogP contribution is -2.37. The second-order valence-corrected chi connectivity index (χ2v) is 9.99. The van der Waals surface area contributed by atoms with Crippen LogP contribution in [0.2, 0.25) is 0 Å². The van der Waals surface area contributed by atoms with Crippen molar-refractivity contribution in [3.63, 3.8) is 0 Å². The van der Waals surface area contributed by atoms with Crippen LogP contribution in [0, 0.1) is 11.6 Å². The van der Waals surface area contributed by atoms with Crippen molar-refractivity contribution in [2.24, 2.45) is 7.05 Å². The molecule has 1 atom stereocenters. The second-order valence-electron chi connectivity index (χ2n) is 9.99. The first-order valence-electron chi connectivity index (χ1n) is 12.7. The molecule has 3 aromatic heterocycles. The Labute approximate surface area is 212 Å². The first-order valence-corrected chi connectivity index (χ1v) is 12.7. The van der Waals surface area contributed by atoms with Crippen LogP contribution in [0.25, 0.3) is 5.52 Å². The van der Waals surface area contributed by atoms with E-state index < -0.39 is 11.6 Å². The third-order valence-electron chi connectivity index (χ3n) is 7.56.